The second kappa shape index (κ2) is 4.73. The third-order valence-corrected chi connectivity index (χ3v) is 3.88. The molecule has 1 saturated heterocycles. The van der Waals surface area contributed by atoms with Crippen LogP contribution in [0.25, 0.3) is 10.9 Å². The number of aromatic amines is 1. The summed E-state index contributed by atoms with van der Waals surface area (Å²) in [6.45, 7) is 3.56. The number of urea groups is 1. The maximum atomic E-state index is 12.2. The third-order valence-electron chi connectivity index (χ3n) is 3.88. The van der Waals surface area contributed by atoms with Crippen molar-refractivity contribution in [1.29, 1.82) is 0 Å². The number of hydrogen-bond acceptors (Lipinski definition) is 3. The Kier molecular flexibility index (Phi) is 3.01. The van der Waals surface area contributed by atoms with Gasteiger partial charge in [0.05, 0.1) is 6.21 Å². The molecular weight excluding hydrogens is 268 g/mol. The number of hydrogen-bond donors (Lipinski definition) is 2. The molecule has 6 nitrogen and oxygen atoms in total. The van der Waals surface area contributed by atoms with E-state index in [4.69, 9.17) is 0 Å². The molecule has 1 aliphatic heterocycles. The van der Waals surface area contributed by atoms with Gasteiger partial charge in [0.25, 0.3) is 5.91 Å². The topological polar surface area (TPSA) is 77.6 Å². The summed E-state index contributed by atoms with van der Waals surface area (Å²) in [6.07, 6.45) is 3.85. The highest BCUT2D eigenvalue weighted by molar-refractivity contribution is 6.07. The summed E-state index contributed by atoms with van der Waals surface area (Å²) in [6, 6.07) is 7.28. The summed E-state index contributed by atoms with van der Waals surface area (Å²) in [5.74, 6) is -0.328. The van der Waals surface area contributed by atoms with Crippen molar-refractivity contribution in [1.82, 2.24) is 15.3 Å². The van der Waals surface area contributed by atoms with E-state index in [1.54, 1.807) is 13.1 Å². The third kappa shape index (κ3) is 2.08. The van der Waals surface area contributed by atoms with E-state index in [0.29, 0.717) is 6.42 Å². The molecule has 2 heterocycles. The van der Waals surface area contributed by atoms with E-state index in [1.807, 2.05) is 31.2 Å². The first-order valence-electron chi connectivity index (χ1n) is 6.82. The lowest BCUT2D eigenvalue weighted by molar-refractivity contribution is -0.130. The van der Waals surface area contributed by atoms with E-state index in [-0.39, 0.29) is 5.91 Å². The number of hydrazone groups is 1. The molecule has 3 rings (SSSR count). The Hall–Kier alpha value is -2.63. The second-order valence-electron chi connectivity index (χ2n) is 5.27. The van der Waals surface area contributed by atoms with Gasteiger partial charge in [0, 0.05) is 22.7 Å². The Morgan fingerprint density at radius 1 is 1.33 bits per heavy atom. The first-order valence-corrected chi connectivity index (χ1v) is 6.82. The highest BCUT2D eigenvalue weighted by Gasteiger charge is 2.46. The number of H-pyrrole nitrogens is 1. The fourth-order valence-corrected chi connectivity index (χ4v) is 2.33. The van der Waals surface area contributed by atoms with E-state index in [0.717, 1.165) is 21.5 Å². The van der Waals surface area contributed by atoms with Crippen LogP contribution in [0.2, 0.25) is 0 Å². The lowest BCUT2D eigenvalue weighted by Crippen LogP contribution is -2.42. The minimum absolute atomic E-state index is 0.328. The summed E-state index contributed by atoms with van der Waals surface area (Å²) in [5.41, 5.74) is 0.945. The van der Waals surface area contributed by atoms with Gasteiger partial charge >= 0.3 is 6.03 Å². The smallest absolute Gasteiger partial charge is 0.346 e. The quantitative estimate of drug-likeness (QED) is 0.669. The molecule has 21 heavy (non-hydrogen) atoms. The molecule has 108 valence electrons. The first-order chi connectivity index (χ1) is 10.0. The molecule has 2 N–H and O–H groups in total. The molecule has 0 saturated carbocycles. The monoisotopic (exact) mass is 284 g/mol. The van der Waals surface area contributed by atoms with E-state index in [9.17, 15) is 9.59 Å². The molecule has 0 bridgehead atoms. The number of nitrogens with one attached hydrogen (secondary N) is 2. The van der Waals surface area contributed by atoms with Crippen LogP contribution in [0.1, 0.15) is 25.8 Å². The van der Waals surface area contributed by atoms with Crippen molar-refractivity contribution in [3.05, 3.63) is 36.0 Å². The normalized spacial score (nSPS) is 22.5. The van der Waals surface area contributed by atoms with E-state index >= 15 is 0 Å². The van der Waals surface area contributed by atoms with Crippen molar-refractivity contribution in [3.8, 4) is 0 Å². The lowest BCUT2D eigenvalue weighted by atomic mass is 10.00. The Balaban J connectivity index is 1.90. The van der Waals surface area contributed by atoms with Crippen molar-refractivity contribution < 1.29 is 9.59 Å². The maximum Gasteiger partial charge on any atom is 0.346 e. The van der Waals surface area contributed by atoms with Crippen LogP contribution in [0, 0.1) is 0 Å². The van der Waals surface area contributed by atoms with E-state index in [2.05, 4.69) is 15.4 Å². The van der Waals surface area contributed by atoms with Gasteiger partial charge in [0.15, 0.2) is 0 Å². The summed E-state index contributed by atoms with van der Waals surface area (Å²) in [4.78, 5) is 27.2. The van der Waals surface area contributed by atoms with E-state index < -0.39 is 11.6 Å². The summed E-state index contributed by atoms with van der Waals surface area (Å²) < 4.78 is 0. The molecule has 1 aliphatic rings. The largest absolute Gasteiger partial charge is 0.361 e. The molecule has 0 spiro atoms. The van der Waals surface area contributed by atoms with Crippen molar-refractivity contribution in [2.24, 2.45) is 5.10 Å². The van der Waals surface area contributed by atoms with Gasteiger partial charge in [0.2, 0.25) is 0 Å². The zero-order valence-corrected chi connectivity index (χ0v) is 11.9. The maximum absolute atomic E-state index is 12.2. The molecule has 1 aromatic carbocycles. The summed E-state index contributed by atoms with van der Waals surface area (Å²) >= 11 is 0. The molecule has 2 aromatic rings. The molecule has 0 aliphatic carbocycles. The van der Waals surface area contributed by atoms with Crippen LogP contribution >= 0.6 is 0 Å². The SMILES string of the molecule is CC[C@]1(C)NC(=O)N(/N=C\c2c[nH]c3ccccc23)C1=O. The fourth-order valence-electron chi connectivity index (χ4n) is 2.33. The number of benzene rings is 1. The lowest BCUT2D eigenvalue weighted by Gasteiger charge is -2.17. The number of aromatic nitrogens is 1. The molecule has 6 heteroatoms. The average Bonchev–Trinajstić information content (AvgIpc) is 2.98. The molecule has 0 unspecified atom stereocenters. The van der Waals surface area contributed by atoms with Crippen molar-refractivity contribution in [3.63, 3.8) is 0 Å². The highest BCUT2D eigenvalue weighted by Crippen LogP contribution is 2.21. The van der Waals surface area contributed by atoms with Crippen LogP contribution in [-0.4, -0.2) is 33.7 Å². The van der Waals surface area contributed by atoms with Crippen molar-refractivity contribution in [2.75, 3.05) is 0 Å². The van der Waals surface area contributed by atoms with Crippen LogP contribution in [0.15, 0.2) is 35.6 Å². The summed E-state index contributed by atoms with van der Waals surface area (Å²) in [5, 5.41) is 8.60. The van der Waals surface area contributed by atoms with Gasteiger partial charge in [-0.15, -0.1) is 5.01 Å². The average molecular weight is 284 g/mol. The molecule has 3 amide bonds. The van der Waals surface area contributed by atoms with Crippen molar-refractivity contribution in [2.45, 2.75) is 25.8 Å². The van der Waals surface area contributed by atoms with Crippen molar-refractivity contribution >= 4 is 29.1 Å². The standard InChI is InChI=1S/C15H16N4O2/c1-3-15(2)13(20)19(14(21)18-15)17-9-10-8-16-12-7-5-4-6-11(10)12/h4-9,16H,3H2,1-2H3,(H,18,21)/b17-9-/t15-/m0/s1. The molecule has 1 aromatic heterocycles. The minimum atomic E-state index is -0.866. The molecular formula is C15H16N4O2. The number of para-hydroxylation sites is 1. The van der Waals surface area contributed by atoms with Crippen LogP contribution in [0.5, 0.6) is 0 Å². The van der Waals surface area contributed by atoms with Gasteiger partial charge in [-0.05, 0) is 19.4 Å². The zero-order valence-electron chi connectivity index (χ0n) is 11.9. The number of amides is 3. The molecule has 1 atom stereocenters. The van der Waals surface area contributed by atoms with Crippen LogP contribution in [-0.2, 0) is 4.79 Å². The highest BCUT2D eigenvalue weighted by atomic mass is 16.2. The molecule has 1 fully saturated rings. The van der Waals surface area contributed by atoms with Gasteiger partial charge in [-0.1, -0.05) is 25.1 Å². The molecule has 0 radical (unpaired) electrons. The number of fused-ring (bicyclic) bond motifs is 1. The number of imide groups is 1. The number of nitrogens with zero attached hydrogens (tertiary/aromatic N) is 2. The van der Waals surface area contributed by atoms with Crippen LogP contribution < -0.4 is 5.32 Å². The fraction of sp³-hybridized carbons (Fsp3) is 0.267. The van der Waals surface area contributed by atoms with Crippen LogP contribution in [0.4, 0.5) is 4.79 Å². The second-order valence-corrected chi connectivity index (χ2v) is 5.27. The first kappa shape index (κ1) is 13.4. The number of carbonyl (C=O) groups is 2. The number of rotatable bonds is 3. The van der Waals surface area contributed by atoms with Gasteiger partial charge in [-0.25, -0.2) is 4.79 Å². The van der Waals surface area contributed by atoms with Crippen LogP contribution in [0.3, 0.4) is 0 Å². The zero-order chi connectivity index (χ0) is 15.0. The van der Waals surface area contributed by atoms with Gasteiger partial charge in [0.1, 0.15) is 5.54 Å². The van der Waals surface area contributed by atoms with Gasteiger partial charge < -0.3 is 10.3 Å². The summed E-state index contributed by atoms with van der Waals surface area (Å²) in [7, 11) is 0. The predicted octanol–water partition coefficient (Wildman–Crippen LogP) is 2.22. The number of carbonyl (C=O) groups excluding carboxylic acids is 2. The predicted molar refractivity (Wildman–Crippen MR) is 80.0 cm³/mol. The Morgan fingerprint density at radius 2 is 2.10 bits per heavy atom. The van der Waals surface area contributed by atoms with Gasteiger partial charge in [-0.2, -0.15) is 5.10 Å². The Bertz CT molecular complexity index is 749. The Labute approximate surface area is 121 Å². The van der Waals surface area contributed by atoms with E-state index in [1.165, 1.54) is 6.21 Å². The Morgan fingerprint density at radius 3 is 2.81 bits per heavy atom. The minimum Gasteiger partial charge on any atom is -0.361 e. The van der Waals surface area contributed by atoms with Gasteiger partial charge in [-0.3, -0.25) is 4.79 Å².